The lowest BCUT2D eigenvalue weighted by molar-refractivity contribution is -0.137. The Kier molecular flexibility index (Phi) is 2.44. The summed E-state index contributed by atoms with van der Waals surface area (Å²) in [5, 5.41) is 0. The fraction of sp³-hybridized carbons (Fsp3) is 0.462. The molecule has 1 heterocycles. The zero-order chi connectivity index (χ0) is 13.8. The average molecular weight is 269 g/mol. The molecule has 1 aromatic heterocycles. The molecule has 2 aromatic rings. The summed E-state index contributed by atoms with van der Waals surface area (Å²) in [4.78, 5) is 7.25. The van der Waals surface area contributed by atoms with Crippen molar-refractivity contribution >= 4 is 11.0 Å². The van der Waals surface area contributed by atoms with E-state index in [4.69, 9.17) is 5.73 Å². The normalized spacial score (nSPS) is 19.6. The van der Waals surface area contributed by atoms with Gasteiger partial charge in [-0.15, -0.1) is 0 Å². The molecule has 1 aromatic carbocycles. The highest BCUT2D eigenvalue weighted by Gasteiger charge is 2.42. The second-order valence-corrected chi connectivity index (χ2v) is 5.37. The molecule has 0 spiro atoms. The van der Waals surface area contributed by atoms with Gasteiger partial charge in [-0.2, -0.15) is 13.2 Å². The van der Waals surface area contributed by atoms with Gasteiger partial charge in [0.1, 0.15) is 5.82 Å². The van der Waals surface area contributed by atoms with Gasteiger partial charge in [-0.25, -0.2) is 4.98 Å². The van der Waals surface area contributed by atoms with Crippen molar-refractivity contribution in [3.8, 4) is 0 Å². The minimum Gasteiger partial charge on any atom is -0.340 e. The van der Waals surface area contributed by atoms with Gasteiger partial charge in [0.15, 0.2) is 0 Å². The second-order valence-electron chi connectivity index (χ2n) is 5.37. The number of aromatic amines is 1. The topological polar surface area (TPSA) is 54.7 Å². The average Bonchev–Trinajstić information content (AvgIpc) is 3.07. The highest BCUT2D eigenvalue weighted by Crippen LogP contribution is 2.43. The number of benzene rings is 1. The van der Waals surface area contributed by atoms with E-state index in [9.17, 15) is 13.2 Å². The van der Waals surface area contributed by atoms with Crippen LogP contribution in [0.15, 0.2) is 18.2 Å². The Morgan fingerprint density at radius 2 is 2.00 bits per heavy atom. The van der Waals surface area contributed by atoms with Crippen LogP contribution in [0, 0.1) is 5.92 Å². The van der Waals surface area contributed by atoms with Crippen molar-refractivity contribution in [3.05, 3.63) is 29.6 Å². The van der Waals surface area contributed by atoms with Crippen molar-refractivity contribution in [2.24, 2.45) is 11.7 Å². The molecule has 0 radical (unpaired) electrons. The van der Waals surface area contributed by atoms with Crippen LogP contribution in [0.3, 0.4) is 0 Å². The molecule has 0 bridgehead atoms. The quantitative estimate of drug-likeness (QED) is 0.879. The summed E-state index contributed by atoms with van der Waals surface area (Å²) >= 11 is 0. The fourth-order valence-electron chi connectivity index (χ4n) is 2.32. The van der Waals surface area contributed by atoms with Crippen LogP contribution in [-0.2, 0) is 11.7 Å². The number of fused-ring (bicyclic) bond motifs is 1. The molecule has 1 aliphatic carbocycles. The zero-order valence-electron chi connectivity index (χ0n) is 10.4. The summed E-state index contributed by atoms with van der Waals surface area (Å²) in [6.07, 6.45) is -2.27. The van der Waals surface area contributed by atoms with Gasteiger partial charge in [-0.3, -0.25) is 0 Å². The lowest BCUT2D eigenvalue weighted by Gasteiger charge is -2.21. The van der Waals surface area contributed by atoms with Crippen LogP contribution in [0.1, 0.15) is 31.2 Å². The molecule has 1 aliphatic rings. The summed E-state index contributed by atoms with van der Waals surface area (Å²) in [5.41, 5.74) is 5.83. The Bertz CT molecular complexity index is 624. The minimum atomic E-state index is -4.35. The van der Waals surface area contributed by atoms with Crippen LogP contribution in [0.25, 0.3) is 11.0 Å². The first-order valence-electron chi connectivity index (χ1n) is 6.15. The summed E-state index contributed by atoms with van der Waals surface area (Å²) in [6, 6.07) is 3.49. The van der Waals surface area contributed by atoms with Crippen LogP contribution >= 0.6 is 0 Å². The summed E-state index contributed by atoms with van der Waals surface area (Å²) in [7, 11) is 0. The van der Waals surface area contributed by atoms with Crippen molar-refractivity contribution in [3.63, 3.8) is 0 Å². The third-order valence-corrected chi connectivity index (χ3v) is 3.74. The number of aromatic nitrogens is 2. The van der Waals surface area contributed by atoms with Crippen molar-refractivity contribution < 1.29 is 13.2 Å². The molecule has 19 heavy (non-hydrogen) atoms. The van der Waals surface area contributed by atoms with Gasteiger partial charge in [-0.1, -0.05) is 0 Å². The van der Waals surface area contributed by atoms with E-state index in [1.165, 1.54) is 6.07 Å². The fourth-order valence-corrected chi connectivity index (χ4v) is 2.32. The minimum absolute atomic E-state index is 0.357. The monoisotopic (exact) mass is 269 g/mol. The highest BCUT2D eigenvalue weighted by molar-refractivity contribution is 5.76. The molecule has 0 amide bonds. The standard InChI is InChI=1S/C13H14F3N3/c1-12(17,7-2-3-7)11-18-9-5-4-8(13(14,15)16)6-10(9)19-11/h4-7H,2-3,17H2,1H3,(H,18,19). The SMILES string of the molecule is CC(N)(c1nc2ccc(C(F)(F)F)cc2[nH]1)C1CC1. The smallest absolute Gasteiger partial charge is 0.340 e. The van der Waals surface area contributed by atoms with Crippen molar-refractivity contribution in [2.75, 3.05) is 0 Å². The van der Waals surface area contributed by atoms with E-state index in [-0.39, 0.29) is 0 Å². The van der Waals surface area contributed by atoms with Gasteiger partial charge >= 0.3 is 6.18 Å². The van der Waals surface area contributed by atoms with Gasteiger partial charge in [0, 0.05) is 0 Å². The van der Waals surface area contributed by atoms with Gasteiger partial charge in [0.2, 0.25) is 0 Å². The van der Waals surface area contributed by atoms with E-state index < -0.39 is 17.3 Å². The number of imidazole rings is 1. The Balaban J connectivity index is 2.06. The van der Waals surface area contributed by atoms with Gasteiger partial charge in [0.25, 0.3) is 0 Å². The number of alkyl halides is 3. The first-order chi connectivity index (χ1) is 8.78. The van der Waals surface area contributed by atoms with E-state index >= 15 is 0 Å². The Hall–Kier alpha value is -1.56. The molecule has 3 N–H and O–H groups in total. The molecule has 0 aliphatic heterocycles. The number of hydrogen-bond donors (Lipinski definition) is 2. The maximum Gasteiger partial charge on any atom is 0.416 e. The van der Waals surface area contributed by atoms with Crippen molar-refractivity contribution in [1.29, 1.82) is 0 Å². The van der Waals surface area contributed by atoms with E-state index in [1.807, 2.05) is 6.92 Å². The number of nitrogens with one attached hydrogen (secondary N) is 1. The van der Waals surface area contributed by atoms with Crippen molar-refractivity contribution in [1.82, 2.24) is 9.97 Å². The van der Waals surface area contributed by atoms with Crippen LogP contribution in [0.5, 0.6) is 0 Å². The number of halogens is 3. The van der Waals surface area contributed by atoms with Gasteiger partial charge in [0.05, 0.1) is 22.1 Å². The number of hydrogen-bond acceptors (Lipinski definition) is 2. The number of nitrogens with two attached hydrogens (primary N) is 1. The maximum atomic E-state index is 12.6. The highest BCUT2D eigenvalue weighted by atomic mass is 19.4. The molecule has 0 saturated heterocycles. The van der Waals surface area contributed by atoms with Crippen LogP contribution < -0.4 is 5.73 Å². The molecule has 3 rings (SSSR count). The third kappa shape index (κ3) is 2.10. The molecular formula is C13H14F3N3. The summed E-state index contributed by atoms with van der Waals surface area (Å²) in [5.74, 6) is 0.916. The third-order valence-electron chi connectivity index (χ3n) is 3.74. The Morgan fingerprint density at radius 1 is 1.32 bits per heavy atom. The molecule has 1 atom stereocenters. The van der Waals surface area contributed by atoms with Gasteiger partial charge < -0.3 is 10.7 Å². The molecular weight excluding hydrogens is 255 g/mol. The predicted molar refractivity (Wildman–Crippen MR) is 65.4 cm³/mol. The Morgan fingerprint density at radius 3 is 2.58 bits per heavy atom. The van der Waals surface area contributed by atoms with Crippen LogP contribution in [0.2, 0.25) is 0 Å². The molecule has 102 valence electrons. The van der Waals surface area contributed by atoms with Crippen LogP contribution in [0.4, 0.5) is 13.2 Å². The largest absolute Gasteiger partial charge is 0.416 e. The maximum absolute atomic E-state index is 12.6. The predicted octanol–water partition coefficient (Wildman–Crippen LogP) is 3.17. The zero-order valence-corrected chi connectivity index (χ0v) is 10.4. The first-order valence-corrected chi connectivity index (χ1v) is 6.15. The van der Waals surface area contributed by atoms with E-state index in [0.29, 0.717) is 22.8 Å². The van der Waals surface area contributed by atoms with E-state index in [1.54, 1.807) is 0 Å². The van der Waals surface area contributed by atoms with E-state index in [2.05, 4.69) is 9.97 Å². The molecule has 6 heteroatoms. The molecule has 3 nitrogen and oxygen atoms in total. The Labute approximate surface area is 108 Å². The first kappa shape index (κ1) is 12.5. The number of rotatable bonds is 2. The van der Waals surface area contributed by atoms with Gasteiger partial charge in [-0.05, 0) is 43.9 Å². The van der Waals surface area contributed by atoms with Crippen LogP contribution in [-0.4, -0.2) is 9.97 Å². The summed E-state index contributed by atoms with van der Waals surface area (Å²) in [6.45, 7) is 1.87. The molecule has 1 saturated carbocycles. The number of H-pyrrole nitrogens is 1. The summed E-state index contributed by atoms with van der Waals surface area (Å²) < 4.78 is 37.9. The number of nitrogens with zero attached hydrogens (tertiary/aromatic N) is 1. The lowest BCUT2D eigenvalue weighted by Crippen LogP contribution is -2.36. The molecule has 1 fully saturated rings. The second kappa shape index (κ2) is 3.72. The van der Waals surface area contributed by atoms with Crippen molar-refractivity contribution in [2.45, 2.75) is 31.5 Å². The lowest BCUT2D eigenvalue weighted by atomic mass is 9.97. The van der Waals surface area contributed by atoms with E-state index in [0.717, 1.165) is 25.0 Å². The molecule has 1 unspecified atom stereocenters.